The Morgan fingerprint density at radius 1 is 1.48 bits per heavy atom. The molecule has 2 rings (SSSR count). The molecule has 6 heteroatoms. The van der Waals surface area contributed by atoms with Crippen LogP contribution in [-0.4, -0.2) is 34.2 Å². The first-order valence-electron chi connectivity index (χ1n) is 6.92. The van der Waals surface area contributed by atoms with E-state index in [1.165, 1.54) is 0 Å². The normalized spacial score (nSPS) is 18.9. The number of ether oxygens (including phenoxy) is 1. The van der Waals surface area contributed by atoms with Crippen LogP contribution in [0.1, 0.15) is 24.0 Å². The highest BCUT2D eigenvalue weighted by molar-refractivity contribution is 7.89. The van der Waals surface area contributed by atoms with Crippen LogP contribution in [0.25, 0.3) is 0 Å². The lowest BCUT2D eigenvalue weighted by atomic mass is 10.1. The van der Waals surface area contributed by atoms with E-state index in [0.29, 0.717) is 24.3 Å². The lowest BCUT2D eigenvalue weighted by molar-refractivity contribution is 0.0774. The molecule has 0 amide bonds. The van der Waals surface area contributed by atoms with Crippen LogP contribution < -0.4 is 10.5 Å². The largest absolute Gasteiger partial charge is 0.380 e. The maximum atomic E-state index is 12.5. The first-order chi connectivity index (χ1) is 10.0. The molecule has 0 bridgehead atoms. The fourth-order valence-corrected chi connectivity index (χ4v) is 3.76. The Kier molecular flexibility index (Phi) is 5.37. The van der Waals surface area contributed by atoms with Crippen molar-refractivity contribution in [3.05, 3.63) is 29.3 Å². The Morgan fingerprint density at radius 3 is 2.95 bits per heavy atom. The van der Waals surface area contributed by atoms with Crippen LogP contribution in [0.2, 0.25) is 0 Å². The number of rotatable bonds is 3. The maximum absolute atomic E-state index is 12.5. The molecule has 0 spiro atoms. The van der Waals surface area contributed by atoms with Crippen molar-refractivity contribution in [3.8, 4) is 11.8 Å². The van der Waals surface area contributed by atoms with Crippen molar-refractivity contribution in [2.45, 2.75) is 30.7 Å². The quantitative estimate of drug-likeness (QED) is 0.808. The van der Waals surface area contributed by atoms with Crippen molar-refractivity contribution in [2.24, 2.45) is 5.73 Å². The Hall–Kier alpha value is -1.39. The van der Waals surface area contributed by atoms with Crippen molar-refractivity contribution in [1.29, 1.82) is 0 Å². The average Bonchev–Trinajstić information content (AvgIpc) is 2.47. The summed E-state index contributed by atoms with van der Waals surface area (Å²) in [5, 5.41) is 0. The molecule has 1 aromatic carbocycles. The van der Waals surface area contributed by atoms with Gasteiger partial charge in [-0.3, -0.25) is 0 Å². The summed E-state index contributed by atoms with van der Waals surface area (Å²) >= 11 is 0. The Morgan fingerprint density at radius 2 is 2.29 bits per heavy atom. The number of nitrogens with two attached hydrogens (primary N) is 1. The highest BCUT2D eigenvalue weighted by Gasteiger charge is 2.23. The van der Waals surface area contributed by atoms with Crippen LogP contribution in [-0.2, 0) is 14.8 Å². The van der Waals surface area contributed by atoms with E-state index in [2.05, 4.69) is 16.6 Å². The Balaban J connectivity index is 2.25. The smallest absolute Gasteiger partial charge is 0.241 e. The molecule has 1 aliphatic rings. The number of benzene rings is 1. The second-order valence-electron chi connectivity index (χ2n) is 5.02. The maximum Gasteiger partial charge on any atom is 0.241 e. The van der Waals surface area contributed by atoms with E-state index in [4.69, 9.17) is 10.5 Å². The van der Waals surface area contributed by atoms with E-state index in [0.717, 1.165) is 12.8 Å². The van der Waals surface area contributed by atoms with Gasteiger partial charge in [0.05, 0.1) is 18.0 Å². The van der Waals surface area contributed by atoms with E-state index in [1.807, 2.05) is 0 Å². The van der Waals surface area contributed by atoms with Gasteiger partial charge in [-0.2, -0.15) is 0 Å². The zero-order chi connectivity index (χ0) is 15.3. The molecule has 1 aliphatic heterocycles. The molecule has 0 radical (unpaired) electrons. The molecule has 114 valence electrons. The van der Waals surface area contributed by atoms with Crippen molar-refractivity contribution in [3.63, 3.8) is 0 Å². The SMILES string of the molecule is Cc1ccc(C#CCN)cc1S(=O)(=O)NC1CCCOC1. The molecule has 1 atom stereocenters. The fraction of sp³-hybridized carbons (Fsp3) is 0.467. The minimum atomic E-state index is -3.57. The lowest BCUT2D eigenvalue weighted by Crippen LogP contribution is -2.40. The van der Waals surface area contributed by atoms with E-state index in [9.17, 15) is 8.42 Å². The minimum absolute atomic E-state index is 0.165. The second kappa shape index (κ2) is 7.05. The topological polar surface area (TPSA) is 81.4 Å². The summed E-state index contributed by atoms with van der Waals surface area (Å²) in [6.45, 7) is 3.13. The molecule has 21 heavy (non-hydrogen) atoms. The molecule has 1 heterocycles. The third-order valence-electron chi connectivity index (χ3n) is 3.29. The first-order valence-corrected chi connectivity index (χ1v) is 8.41. The van der Waals surface area contributed by atoms with Gasteiger partial charge in [0, 0.05) is 18.2 Å². The van der Waals surface area contributed by atoms with E-state index < -0.39 is 10.0 Å². The number of nitrogens with one attached hydrogen (secondary N) is 1. The van der Waals surface area contributed by atoms with Crippen molar-refractivity contribution in [1.82, 2.24) is 4.72 Å². The molecule has 0 aliphatic carbocycles. The third-order valence-corrected chi connectivity index (χ3v) is 4.96. The summed E-state index contributed by atoms with van der Waals surface area (Å²) in [6, 6.07) is 4.97. The molecular formula is C15H20N2O3S. The van der Waals surface area contributed by atoms with Gasteiger partial charge >= 0.3 is 0 Å². The van der Waals surface area contributed by atoms with Crippen LogP contribution in [0.15, 0.2) is 23.1 Å². The van der Waals surface area contributed by atoms with Gasteiger partial charge in [-0.25, -0.2) is 13.1 Å². The predicted octanol–water partition coefficient (Wildman–Crippen LogP) is 0.763. The zero-order valence-electron chi connectivity index (χ0n) is 12.1. The van der Waals surface area contributed by atoms with Gasteiger partial charge in [-0.05, 0) is 37.5 Å². The average molecular weight is 308 g/mol. The van der Waals surface area contributed by atoms with Crippen LogP contribution in [0.4, 0.5) is 0 Å². The lowest BCUT2D eigenvalue weighted by Gasteiger charge is -2.23. The number of sulfonamides is 1. The fourth-order valence-electron chi connectivity index (χ4n) is 2.24. The monoisotopic (exact) mass is 308 g/mol. The molecule has 1 fully saturated rings. The molecule has 1 saturated heterocycles. The van der Waals surface area contributed by atoms with Crippen molar-refractivity contribution >= 4 is 10.0 Å². The van der Waals surface area contributed by atoms with Gasteiger partial charge in [0.2, 0.25) is 10.0 Å². The van der Waals surface area contributed by atoms with Gasteiger partial charge in [-0.1, -0.05) is 17.9 Å². The van der Waals surface area contributed by atoms with Crippen LogP contribution in [0.3, 0.4) is 0 Å². The van der Waals surface area contributed by atoms with Crippen molar-refractivity contribution < 1.29 is 13.2 Å². The van der Waals surface area contributed by atoms with Gasteiger partial charge in [0.15, 0.2) is 0 Å². The van der Waals surface area contributed by atoms with E-state index in [-0.39, 0.29) is 17.5 Å². The van der Waals surface area contributed by atoms with Crippen LogP contribution in [0, 0.1) is 18.8 Å². The molecule has 1 unspecified atom stereocenters. The number of hydrogen-bond acceptors (Lipinski definition) is 4. The second-order valence-corrected chi connectivity index (χ2v) is 6.70. The summed E-state index contributed by atoms with van der Waals surface area (Å²) < 4.78 is 33.0. The standard InChI is InChI=1S/C15H20N2O3S/c1-12-6-7-13(4-2-8-16)10-15(12)21(18,19)17-14-5-3-9-20-11-14/h6-7,10,14,17H,3,5,8-9,11,16H2,1H3. The third kappa shape index (κ3) is 4.29. The van der Waals surface area contributed by atoms with E-state index in [1.54, 1.807) is 25.1 Å². The van der Waals surface area contributed by atoms with Gasteiger partial charge < -0.3 is 10.5 Å². The minimum Gasteiger partial charge on any atom is -0.380 e. The predicted molar refractivity (Wildman–Crippen MR) is 81.3 cm³/mol. The summed E-state index contributed by atoms with van der Waals surface area (Å²) in [4.78, 5) is 0.261. The van der Waals surface area contributed by atoms with Crippen LogP contribution in [0.5, 0.6) is 0 Å². The molecule has 0 aromatic heterocycles. The molecule has 0 saturated carbocycles. The van der Waals surface area contributed by atoms with Gasteiger partial charge in [0.25, 0.3) is 0 Å². The summed E-state index contributed by atoms with van der Waals surface area (Å²) in [5.41, 5.74) is 6.67. The molecule has 3 N–H and O–H groups in total. The van der Waals surface area contributed by atoms with Gasteiger partial charge in [-0.15, -0.1) is 0 Å². The summed E-state index contributed by atoms with van der Waals surface area (Å²) in [5.74, 6) is 5.58. The Bertz CT molecular complexity index is 653. The van der Waals surface area contributed by atoms with Crippen LogP contribution >= 0.6 is 0 Å². The molecular weight excluding hydrogens is 288 g/mol. The van der Waals surface area contributed by atoms with Gasteiger partial charge in [0.1, 0.15) is 0 Å². The summed E-state index contributed by atoms with van der Waals surface area (Å²) in [6.07, 6.45) is 1.67. The molecule has 1 aromatic rings. The van der Waals surface area contributed by atoms with E-state index >= 15 is 0 Å². The highest BCUT2D eigenvalue weighted by Crippen LogP contribution is 2.18. The number of hydrogen-bond donors (Lipinski definition) is 2. The molecule has 5 nitrogen and oxygen atoms in total. The first kappa shape index (κ1) is 16.0. The van der Waals surface area contributed by atoms with Crippen molar-refractivity contribution in [2.75, 3.05) is 19.8 Å². The highest BCUT2D eigenvalue weighted by atomic mass is 32.2. The Labute approximate surface area is 125 Å². The summed E-state index contributed by atoms with van der Waals surface area (Å²) in [7, 11) is -3.57. The zero-order valence-corrected chi connectivity index (χ0v) is 12.9. The number of aryl methyl sites for hydroxylation is 1.